The molecule has 1 aliphatic rings. The van der Waals surface area contributed by atoms with Crippen LogP contribution in [0.3, 0.4) is 0 Å². The molecule has 8 nitrogen and oxygen atoms in total. The average molecular weight is 422 g/mol. The van der Waals surface area contributed by atoms with Crippen LogP contribution in [-0.4, -0.2) is 34.2 Å². The highest BCUT2D eigenvalue weighted by Crippen LogP contribution is 2.25. The van der Waals surface area contributed by atoms with E-state index in [9.17, 15) is 22.8 Å². The zero-order valence-corrected chi connectivity index (χ0v) is 15.7. The van der Waals surface area contributed by atoms with Gasteiger partial charge in [0.1, 0.15) is 17.1 Å². The minimum Gasteiger partial charge on any atom is -0.427 e. The summed E-state index contributed by atoms with van der Waals surface area (Å²) in [4.78, 5) is 27.8. The molecule has 3 rings (SSSR count). The minimum atomic E-state index is -4.68. The second-order valence-corrected chi connectivity index (χ2v) is 6.32. The Kier molecular flexibility index (Phi) is 6.83. The Morgan fingerprint density at radius 1 is 1.43 bits per heavy atom. The molecule has 12 heteroatoms. The number of piperidine rings is 1. The third-order valence-electron chi connectivity index (χ3n) is 4.30. The fourth-order valence-electron chi connectivity index (χ4n) is 2.96. The van der Waals surface area contributed by atoms with Crippen molar-refractivity contribution in [2.45, 2.75) is 38.4 Å². The van der Waals surface area contributed by atoms with E-state index < -0.39 is 23.5 Å². The Morgan fingerprint density at radius 2 is 2.18 bits per heavy atom. The van der Waals surface area contributed by atoms with Gasteiger partial charge in [0.25, 0.3) is 11.7 Å². The number of halogens is 4. The molecule has 1 fully saturated rings. The van der Waals surface area contributed by atoms with Crippen LogP contribution in [0.15, 0.2) is 15.3 Å². The fraction of sp³-hybridized carbons (Fsp3) is 0.500. The second kappa shape index (κ2) is 8.74. The molecule has 0 bridgehead atoms. The summed E-state index contributed by atoms with van der Waals surface area (Å²) >= 11 is 0. The maximum Gasteiger partial charge on any atom is 0.453 e. The van der Waals surface area contributed by atoms with E-state index in [1.54, 1.807) is 13.0 Å². The van der Waals surface area contributed by atoms with Gasteiger partial charge >= 0.3 is 11.8 Å². The van der Waals surface area contributed by atoms with E-state index >= 15 is 0 Å². The Morgan fingerprint density at radius 3 is 2.75 bits per heavy atom. The first-order valence-corrected chi connectivity index (χ1v) is 8.37. The predicted molar refractivity (Wildman–Crippen MR) is 94.4 cm³/mol. The number of alkyl halides is 3. The van der Waals surface area contributed by atoms with Gasteiger partial charge < -0.3 is 15.1 Å². The molecule has 1 aliphatic heterocycles. The van der Waals surface area contributed by atoms with Crippen molar-refractivity contribution in [2.75, 3.05) is 13.1 Å². The molecular weight excluding hydrogens is 403 g/mol. The zero-order chi connectivity index (χ0) is 19.6. The standard InChI is InChI=1S/C16H18F3N5O3.ClH/c1-8-5-10(9-3-2-4-20-6-9)27-14(26)12(8)13(25)21-7-11-22-15(24-23-11)16(17,18)19;/h5,9,20H,2-4,6-7H2,1H3,(H,21,25)(H,22,23,24);1H. The Balaban J connectivity index is 0.00000280. The van der Waals surface area contributed by atoms with Gasteiger partial charge in [-0.2, -0.15) is 13.2 Å². The monoisotopic (exact) mass is 421 g/mol. The molecule has 1 saturated heterocycles. The first kappa shape index (κ1) is 21.9. The summed E-state index contributed by atoms with van der Waals surface area (Å²) in [5.41, 5.74) is -0.516. The highest BCUT2D eigenvalue weighted by atomic mass is 35.5. The number of hydrogen-bond donors (Lipinski definition) is 3. The van der Waals surface area contributed by atoms with Crippen LogP contribution < -0.4 is 16.3 Å². The van der Waals surface area contributed by atoms with Crippen molar-refractivity contribution in [1.82, 2.24) is 25.8 Å². The molecule has 2 aromatic heterocycles. The first-order valence-electron chi connectivity index (χ1n) is 8.37. The lowest BCUT2D eigenvalue weighted by Crippen LogP contribution is -2.31. The number of nitrogens with zero attached hydrogens (tertiary/aromatic N) is 2. The lowest BCUT2D eigenvalue weighted by Gasteiger charge is -2.22. The van der Waals surface area contributed by atoms with Gasteiger partial charge in [0.2, 0.25) is 0 Å². The van der Waals surface area contributed by atoms with Crippen LogP contribution in [0.4, 0.5) is 13.2 Å². The molecular formula is C16H19ClF3N5O3. The molecule has 3 N–H and O–H groups in total. The number of rotatable bonds is 4. The molecule has 0 saturated carbocycles. The quantitative estimate of drug-likeness (QED) is 0.695. The number of aromatic amines is 1. The van der Waals surface area contributed by atoms with Crippen LogP contribution in [0, 0.1) is 6.92 Å². The molecule has 1 amide bonds. The molecule has 3 heterocycles. The largest absolute Gasteiger partial charge is 0.453 e. The van der Waals surface area contributed by atoms with Crippen LogP contribution in [0.2, 0.25) is 0 Å². The topological polar surface area (TPSA) is 113 Å². The molecule has 2 aromatic rings. The van der Waals surface area contributed by atoms with Crippen molar-refractivity contribution in [3.63, 3.8) is 0 Å². The summed E-state index contributed by atoms with van der Waals surface area (Å²) in [5, 5.41) is 10.7. The van der Waals surface area contributed by atoms with Crippen molar-refractivity contribution in [3.05, 3.63) is 45.0 Å². The Bertz CT molecular complexity index is 890. The maximum atomic E-state index is 12.5. The summed E-state index contributed by atoms with van der Waals surface area (Å²) in [5.74, 6) is -1.67. The normalized spacial score (nSPS) is 17.1. The highest BCUT2D eigenvalue weighted by molar-refractivity contribution is 5.95. The Hall–Kier alpha value is -2.40. The van der Waals surface area contributed by atoms with Gasteiger partial charge in [-0.3, -0.25) is 9.89 Å². The van der Waals surface area contributed by atoms with E-state index in [0.717, 1.165) is 19.4 Å². The van der Waals surface area contributed by atoms with E-state index in [0.29, 0.717) is 17.9 Å². The summed E-state index contributed by atoms with van der Waals surface area (Å²) < 4.78 is 42.7. The predicted octanol–water partition coefficient (Wildman–Crippen LogP) is 1.90. The van der Waals surface area contributed by atoms with Gasteiger partial charge in [-0.25, -0.2) is 9.78 Å². The maximum absolute atomic E-state index is 12.5. The van der Waals surface area contributed by atoms with E-state index in [1.165, 1.54) is 0 Å². The van der Waals surface area contributed by atoms with Crippen LogP contribution in [0.25, 0.3) is 0 Å². The second-order valence-electron chi connectivity index (χ2n) is 6.32. The van der Waals surface area contributed by atoms with Crippen molar-refractivity contribution < 1.29 is 22.4 Å². The molecule has 0 aliphatic carbocycles. The number of amides is 1. The lowest BCUT2D eigenvalue weighted by atomic mass is 9.95. The number of hydrogen-bond acceptors (Lipinski definition) is 6. The van der Waals surface area contributed by atoms with Crippen molar-refractivity contribution in [3.8, 4) is 0 Å². The number of H-pyrrole nitrogens is 1. The summed E-state index contributed by atoms with van der Waals surface area (Å²) in [7, 11) is 0. The van der Waals surface area contributed by atoms with E-state index in [1.807, 2.05) is 0 Å². The molecule has 1 atom stereocenters. The van der Waals surface area contributed by atoms with Crippen molar-refractivity contribution in [2.24, 2.45) is 0 Å². The lowest BCUT2D eigenvalue weighted by molar-refractivity contribution is -0.144. The van der Waals surface area contributed by atoms with Gasteiger partial charge in [0.15, 0.2) is 0 Å². The van der Waals surface area contributed by atoms with Gasteiger partial charge in [-0.1, -0.05) is 0 Å². The van der Waals surface area contributed by atoms with Gasteiger partial charge in [-0.15, -0.1) is 17.5 Å². The third-order valence-corrected chi connectivity index (χ3v) is 4.30. The van der Waals surface area contributed by atoms with Gasteiger partial charge in [0, 0.05) is 12.5 Å². The number of nitrogens with one attached hydrogen (secondary N) is 3. The summed E-state index contributed by atoms with van der Waals surface area (Å²) in [6.45, 7) is 2.88. The van der Waals surface area contributed by atoms with E-state index in [4.69, 9.17) is 4.42 Å². The molecule has 28 heavy (non-hydrogen) atoms. The number of aromatic nitrogens is 3. The number of carbonyl (C=O) groups excluding carboxylic acids is 1. The van der Waals surface area contributed by atoms with Crippen molar-refractivity contribution in [1.29, 1.82) is 0 Å². The van der Waals surface area contributed by atoms with Gasteiger partial charge in [0.05, 0.1) is 6.54 Å². The van der Waals surface area contributed by atoms with E-state index in [2.05, 4.69) is 25.8 Å². The minimum absolute atomic E-state index is 0. The van der Waals surface area contributed by atoms with Crippen LogP contribution in [-0.2, 0) is 12.7 Å². The third kappa shape index (κ3) is 4.90. The molecule has 154 valence electrons. The molecule has 0 radical (unpaired) electrons. The van der Waals surface area contributed by atoms with Crippen LogP contribution in [0.1, 0.15) is 52.1 Å². The molecule has 1 unspecified atom stereocenters. The summed E-state index contributed by atoms with van der Waals surface area (Å²) in [6.07, 6.45) is -2.83. The first-order chi connectivity index (χ1) is 12.8. The average Bonchev–Trinajstić information content (AvgIpc) is 3.09. The van der Waals surface area contributed by atoms with E-state index in [-0.39, 0.29) is 36.3 Å². The number of aryl methyl sites for hydroxylation is 1. The molecule has 0 spiro atoms. The van der Waals surface area contributed by atoms with Gasteiger partial charge in [-0.05, 0) is 37.9 Å². The van der Waals surface area contributed by atoms with Crippen LogP contribution >= 0.6 is 12.4 Å². The Labute approximate surface area is 163 Å². The molecule has 0 aromatic carbocycles. The smallest absolute Gasteiger partial charge is 0.427 e. The summed E-state index contributed by atoms with van der Waals surface area (Å²) in [6, 6.07) is 1.66. The van der Waals surface area contributed by atoms with Crippen molar-refractivity contribution >= 4 is 18.3 Å². The van der Waals surface area contributed by atoms with Crippen LogP contribution in [0.5, 0.6) is 0 Å². The fourth-order valence-corrected chi connectivity index (χ4v) is 2.96. The highest BCUT2D eigenvalue weighted by Gasteiger charge is 2.36. The number of carbonyl (C=O) groups is 1. The SMILES string of the molecule is Cc1cc(C2CCCNC2)oc(=O)c1C(=O)NCc1nc(C(F)(F)F)n[nH]1.Cl. The zero-order valence-electron chi connectivity index (χ0n) is 14.9.